The lowest BCUT2D eigenvalue weighted by Gasteiger charge is -2.18. The van der Waals surface area contributed by atoms with Gasteiger partial charge >= 0.3 is 0 Å². The van der Waals surface area contributed by atoms with Crippen LogP contribution in [0, 0.1) is 0 Å². The van der Waals surface area contributed by atoms with Gasteiger partial charge < -0.3 is 15.2 Å². The molecular formula is C15H12ClNO3. The van der Waals surface area contributed by atoms with E-state index < -0.39 is 0 Å². The Balaban J connectivity index is 2.00. The summed E-state index contributed by atoms with van der Waals surface area (Å²) in [5.41, 5.74) is 7.10. The second-order valence-electron chi connectivity index (χ2n) is 4.42. The van der Waals surface area contributed by atoms with Crippen molar-refractivity contribution in [3.05, 3.63) is 52.5 Å². The van der Waals surface area contributed by atoms with E-state index in [1.165, 1.54) is 0 Å². The molecule has 0 spiro atoms. The highest BCUT2D eigenvalue weighted by atomic mass is 35.5. The van der Waals surface area contributed by atoms with Crippen LogP contribution in [0.5, 0.6) is 11.5 Å². The first-order valence-electron chi connectivity index (χ1n) is 6.14. The summed E-state index contributed by atoms with van der Waals surface area (Å²) in [6, 6.07) is 9.91. The Bertz CT molecular complexity index is 685. The van der Waals surface area contributed by atoms with Gasteiger partial charge in [-0.3, -0.25) is 4.79 Å². The Labute approximate surface area is 121 Å². The van der Waals surface area contributed by atoms with Crippen LogP contribution in [0.1, 0.15) is 15.9 Å². The van der Waals surface area contributed by atoms with Crippen molar-refractivity contribution in [1.82, 2.24) is 0 Å². The van der Waals surface area contributed by atoms with E-state index >= 15 is 0 Å². The largest absolute Gasteiger partial charge is 0.486 e. The first-order chi connectivity index (χ1) is 9.65. The van der Waals surface area contributed by atoms with E-state index in [9.17, 15) is 4.79 Å². The number of ketones is 1. The molecule has 0 amide bonds. The number of nitrogen functional groups attached to an aromatic ring is 1. The lowest BCUT2D eigenvalue weighted by atomic mass is 10.0. The number of anilines is 1. The molecule has 0 unspecified atom stereocenters. The summed E-state index contributed by atoms with van der Waals surface area (Å²) in [6.45, 7) is 0.992. The van der Waals surface area contributed by atoms with Crippen LogP contribution >= 0.6 is 11.6 Å². The van der Waals surface area contributed by atoms with Crippen LogP contribution in [0.4, 0.5) is 5.69 Å². The number of benzene rings is 2. The minimum Gasteiger partial charge on any atom is -0.486 e. The zero-order valence-electron chi connectivity index (χ0n) is 10.6. The number of hydrogen-bond acceptors (Lipinski definition) is 4. The predicted molar refractivity (Wildman–Crippen MR) is 76.7 cm³/mol. The average Bonchev–Trinajstić information content (AvgIpc) is 2.48. The highest BCUT2D eigenvalue weighted by molar-refractivity contribution is 6.31. The number of halogens is 1. The number of fused-ring (bicyclic) bond motifs is 1. The first-order valence-corrected chi connectivity index (χ1v) is 6.52. The van der Waals surface area contributed by atoms with E-state index in [1.54, 1.807) is 36.4 Å². The van der Waals surface area contributed by atoms with Gasteiger partial charge in [-0.25, -0.2) is 0 Å². The fraction of sp³-hybridized carbons (Fsp3) is 0.133. The summed E-state index contributed by atoms with van der Waals surface area (Å²) in [7, 11) is 0. The van der Waals surface area contributed by atoms with E-state index in [4.69, 9.17) is 26.8 Å². The number of ether oxygens (including phenoxy) is 2. The molecule has 0 aromatic heterocycles. The van der Waals surface area contributed by atoms with Crippen molar-refractivity contribution in [2.24, 2.45) is 0 Å². The average molecular weight is 290 g/mol. The van der Waals surface area contributed by atoms with Gasteiger partial charge in [-0.15, -0.1) is 0 Å². The lowest BCUT2D eigenvalue weighted by molar-refractivity contribution is 0.103. The van der Waals surface area contributed by atoms with E-state index in [0.717, 1.165) is 0 Å². The van der Waals surface area contributed by atoms with Gasteiger partial charge in [-0.1, -0.05) is 11.6 Å². The third-order valence-corrected chi connectivity index (χ3v) is 3.30. The summed E-state index contributed by atoms with van der Waals surface area (Å²) in [4.78, 5) is 12.5. The van der Waals surface area contributed by atoms with Crippen molar-refractivity contribution in [2.45, 2.75) is 0 Å². The zero-order chi connectivity index (χ0) is 14.1. The van der Waals surface area contributed by atoms with E-state index in [0.29, 0.717) is 46.5 Å². The fourth-order valence-corrected chi connectivity index (χ4v) is 2.24. The van der Waals surface area contributed by atoms with Gasteiger partial charge in [0.25, 0.3) is 0 Å². The Morgan fingerprint density at radius 1 is 1.05 bits per heavy atom. The third-order valence-electron chi connectivity index (χ3n) is 3.06. The van der Waals surface area contributed by atoms with E-state index in [2.05, 4.69) is 0 Å². The number of rotatable bonds is 2. The van der Waals surface area contributed by atoms with Crippen LogP contribution in [0.15, 0.2) is 36.4 Å². The van der Waals surface area contributed by atoms with Crippen LogP contribution in [-0.4, -0.2) is 19.0 Å². The van der Waals surface area contributed by atoms with E-state index in [-0.39, 0.29) is 5.78 Å². The van der Waals surface area contributed by atoms with Crippen molar-refractivity contribution in [1.29, 1.82) is 0 Å². The quantitative estimate of drug-likeness (QED) is 0.682. The molecule has 2 aromatic carbocycles. The van der Waals surface area contributed by atoms with Crippen LogP contribution in [0.3, 0.4) is 0 Å². The molecule has 4 nitrogen and oxygen atoms in total. The Morgan fingerprint density at radius 2 is 1.80 bits per heavy atom. The van der Waals surface area contributed by atoms with Gasteiger partial charge in [0.05, 0.1) is 0 Å². The number of nitrogens with two attached hydrogens (primary N) is 1. The maximum Gasteiger partial charge on any atom is 0.195 e. The molecule has 0 radical (unpaired) electrons. The Hall–Kier alpha value is -2.20. The molecule has 0 saturated heterocycles. The molecule has 1 aliphatic rings. The topological polar surface area (TPSA) is 61.6 Å². The molecule has 2 aromatic rings. The normalized spacial score (nSPS) is 13.1. The molecule has 2 N–H and O–H groups in total. The lowest BCUT2D eigenvalue weighted by Crippen LogP contribution is -2.16. The predicted octanol–water partition coefficient (Wildman–Crippen LogP) is 2.92. The fourth-order valence-electron chi connectivity index (χ4n) is 2.07. The van der Waals surface area contributed by atoms with Gasteiger partial charge in [-0.2, -0.15) is 0 Å². The minimum absolute atomic E-state index is 0.193. The van der Waals surface area contributed by atoms with Gasteiger partial charge in [0, 0.05) is 21.8 Å². The molecule has 20 heavy (non-hydrogen) atoms. The van der Waals surface area contributed by atoms with Crippen molar-refractivity contribution in [3.8, 4) is 11.5 Å². The molecule has 0 aliphatic carbocycles. The molecule has 5 heteroatoms. The monoisotopic (exact) mass is 289 g/mol. The molecule has 0 saturated carbocycles. The van der Waals surface area contributed by atoms with Crippen molar-refractivity contribution in [2.75, 3.05) is 18.9 Å². The summed E-state index contributed by atoms with van der Waals surface area (Å²) in [5.74, 6) is 1.02. The van der Waals surface area contributed by atoms with Gasteiger partial charge in [0.15, 0.2) is 17.3 Å². The first kappa shape index (κ1) is 12.8. The molecule has 0 bridgehead atoms. The van der Waals surface area contributed by atoms with Crippen LogP contribution < -0.4 is 15.2 Å². The number of carbonyl (C=O) groups is 1. The van der Waals surface area contributed by atoms with Crippen molar-refractivity contribution in [3.63, 3.8) is 0 Å². The second kappa shape index (κ2) is 5.06. The molecule has 0 atom stereocenters. The third kappa shape index (κ3) is 2.30. The summed E-state index contributed by atoms with van der Waals surface area (Å²) >= 11 is 5.91. The molecular weight excluding hydrogens is 278 g/mol. The Kier molecular flexibility index (Phi) is 3.24. The van der Waals surface area contributed by atoms with Crippen LogP contribution in [-0.2, 0) is 0 Å². The summed E-state index contributed by atoms with van der Waals surface area (Å²) in [6.07, 6.45) is 0. The molecule has 1 aliphatic heterocycles. The summed E-state index contributed by atoms with van der Waals surface area (Å²) < 4.78 is 10.9. The van der Waals surface area contributed by atoms with Gasteiger partial charge in [0.1, 0.15) is 13.2 Å². The van der Waals surface area contributed by atoms with Crippen LogP contribution in [0.2, 0.25) is 5.02 Å². The number of carbonyl (C=O) groups excluding carboxylic acids is 1. The van der Waals surface area contributed by atoms with Crippen molar-refractivity contribution < 1.29 is 14.3 Å². The second-order valence-corrected chi connectivity index (χ2v) is 4.86. The molecule has 1 heterocycles. The molecule has 3 rings (SSSR count). The maximum absolute atomic E-state index is 12.5. The SMILES string of the molecule is Nc1ccc(Cl)cc1C(=O)c1ccc2c(c1)OCCO2. The summed E-state index contributed by atoms with van der Waals surface area (Å²) in [5, 5.41) is 0.472. The zero-order valence-corrected chi connectivity index (χ0v) is 11.3. The molecule has 0 fully saturated rings. The number of hydrogen-bond donors (Lipinski definition) is 1. The minimum atomic E-state index is -0.193. The van der Waals surface area contributed by atoms with Crippen LogP contribution in [0.25, 0.3) is 0 Å². The standard InChI is InChI=1S/C15H12ClNO3/c16-10-2-3-12(17)11(8-10)15(18)9-1-4-13-14(7-9)20-6-5-19-13/h1-4,7-8H,5-6,17H2. The van der Waals surface area contributed by atoms with Crippen molar-refractivity contribution >= 4 is 23.1 Å². The molecule has 102 valence electrons. The highest BCUT2D eigenvalue weighted by Gasteiger charge is 2.17. The Morgan fingerprint density at radius 3 is 2.60 bits per heavy atom. The van der Waals surface area contributed by atoms with Gasteiger partial charge in [0.2, 0.25) is 0 Å². The van der Waals surface area contributed by atoms with E-state index in [1.807, 2.05) is 0 Å². The highest BCUT2D eigenvalue weighted by Crippen LogP contribution is 2.32. The smallest absolute Gasteiger partial charge is 0.195 e. The van der Waals surface area contributed by atoms with Gasteiger partial charge in [-0.05, 0) is 36.4 Å². The maximum atomic E-state index is 12.5.